The number of aromatic nitrogens is 7. The number of hydrogen-bond donors (Lipinski definition) is 3. The monoisotopic (exact) mass is 425 g/mol. The van der Waals surface area contributed by atoms with E-state index in [1.54, 1.807) is 18.6 Å². The third-order valence-electron chi connectivity index (χ3n) is 6.03. The van der Waals surface area contributed by atoms with Gasteiger partial charge in [-0.1, -0.05) is 0 Å². The molecule has 0 unspecified atom stereocenters. The van der Waals surface area contributed by atoms with Gasteiger partial charge in [-0.15, -0.1) is 0 Å². The molecule has 9 heteroatoms. The number of nitrogens with one attached hydrogen (secondary N) is 3. The van der Waals surface area contributed by atoms with Gasteiger partial charge in [-0.25, -0.2) is 9.97 Å². The van der Waals surface area contributed by atoms with Crippen LogP contribution in [0.1, 0.15) is 24.4 Å². The molecule has 0 radical (unpaired) electrons. The van der Waals surface area contributed by atoms with Crippen molar-refractivity contribution in [3.05, 3.63) is 54.6 Å². The number of anilines is 2. The summed E-state index contributed by atoms with van der Waals surface area (Å²) in [7, 11) is 0. The first-order valence-corrected chi connectivity index (χ1v) is 10.8. The molecule has 0 aromatic carbocycles. The van der Waals surface area contributed by atoms with Crippen molar-refractivity contribution in [1.82, 2.24) is 40.0 Å². The van der Waals surface area contributed by atoms with Crippen LogP contribution < -0.4 is 10.6 Å². The van der Waals surface area contributed by atoms with E-state index in [0.717, 1.165) is 64.9 Å². The molecule has 6 rings (SSSR count). The number of fused-ring (bicyclic) bond motifs is 2. The maximum Gasteiger partial charge on any atom is 0.161 e. The Labute approximate surface area is 184 Å². The Kier molecular flexibility index (Phi) is 4.53. The van der Waals surface area contributed by atoms with Gasteiger partial charge in [0, 0.05) is 36.3 Å². The van der Waals surface area contributed by atoms with E-state index >= 15 is 0 Å². The second-order valence-electron chi connectivity index (χ2n) is 8.15. The van der Waals surface area contributed by atoms with Gasteiger partial charge in [0.25, 0.3) is 0 Å². The first-order chi connectivity index (χ1) is 15.8. The number of H-pyrrole nitrogens is 1. The third kappa shape index (κ3) is 3.27. The van der Waals surface area contributed by atoms with Crippen molar-refractivity contribution in [2.75, 3.05) is 18.4 Å². The Hall–Kier alpha value is -3.85. The van der Waals surface area contributed by atoms with E-state index in [-0.39, 0.29) is 0 Å². The summed E-state index contributed by atoms with van der Waals surface area (Å²) in [6.45, 7) is 4.15. The summed E-state index contributed by atoms with van der Waals surface area (Å²) in [6.07, 6.45) is 9.69. The molecule has 1 aliphatic heterocycles. The van der Waals surface area contributed by atoms with Gasteiger partial charge in [-0.2, -0.15) is 5.10 Å². The molecule has 9 nitrogen and oxygen atoms in total. The van der Waals surface area contributed by atoms with Crippen LogP contribution in [-0.4, -0.2) is 47.8 Å². The Morgan fingerprint density at radius 1 is 1.03 bits per heavy atom. The fourth-order valence-corrected chi connectivity index (χ4v) is 4.44. The number of rotatable bonds is 4. The number of aryl methyl sites for hydroxylation is 1. The van der Waals surface area contributed by atoms with Gasteiger partial charge in [-0.05, 0) is 56.6 Å². The molecular formula is C23H23N9. The van der Waals surface area contributed by atoms with Crippen LogP contribution in [0, 0.1) is 6.92 Å². The molecule has 3 N–H and O–H groups in total. The summed E-state index contributed by atoms with van der Waals surface area (Å²) < 4.78 is 2.29. The van der Waals surface area contributed by atoms with Crippen LogP contribution in [0.15, 0.2) is 49.1 Å². The molecule has 1 fully saturated rings. The van der Waals surface area contributed by atoms with Crippen LogP contribution in [0.3, 0.4) is 0 Å². The smallest absolute Gasteiger partial charge is 0.161 e. The van der Waals surface area contributed by atoms with Gasteiger partial charge in [0.05, 0.1) is 22.9 Å². The lowest BCUT2D eigenvalue weighted by atomic mass is 10.1. The molecule has 0 aliphatic carbocycles. The lowest BCUT2D eigenvalue weighted by Crippen LogP contribution is -2.29. The number of pyridine rings is 2. The van der Waals surface area contributed by atoms with Crippen LogP contribution >= 0.6 is 0 Å². The van der Waals surface area contributed by atoms with Gasteiger partial charge in [-0.3, -0.25) is 15.1 Å². The SMILES string of the molecule is Cc1cn(C2CCNCC2)c2nc(Nc3cc(-c4ccnc5cccnc45)[nH]n3)cnc12. The number of piperidine rings is 1. The van der Waals surface area contributed by atoms with Crippen molar-refractivity contribution in [2.24, 2.45) is 0 Å². The highest BCUT2D eigenvalue weighted by molar-refractivity contribution is 5.90. The lowest BCUT2D eigenvalue weighted by Gasteiger charge is -2.24. The van der Waals surface area contributed by atoms with Crippen molar-refractivity contribution in [3.63, 3.8) is 0 Å². The van der Waals surface area contributed by atoms with Gasteiger partial charge in [0.2, 0.25) is 0 Å². The zero-order valence-corrected chi connectivity index (χ0v) is 17.7. The van der Waals surface area contributed by atoms with Crippen LogP contribution in [-0.2, 0) is 0 Å². The van der Waals surface area contributed by atoms with Gasteiger partial charge in [0.1, 0.15) is 5.52 Å². The number of aromatic amines is 1. The number of nitrogens with zero attached hydrogens (tertiary/aromatic N) is 6. The van der Waals surface area contributed by atoms with Crippen molar-refractivity contribution >= 4 is 33.8 Å². The van der Waals surface area contributed by atoms with E-state index in [0.29, 0.717) is 17.7 Å². The molecule has 0 bridgehead atoms. The quantitative estimate of drug-likeness (QED) is 0.402. The van der Waals surface area contributed by atoms with E-state index in [1.165, 1.54) is 0 Å². The third-order valence-corrected chi connectivity index (χ3v) is 6.03. The molecule has 1 aliphatic rings. The molecule has 5 aromatic rings. The Morgan fingerprint density at radius 2 is 1.94 bits per heavy atom. The molecular weight excluding hydrogens is 402 g/mol. The standard InChI is InChI=1S/C23H23N9/c1-14-13-32(15-4-8-24-9-5-15)23-21(14)27-12-20(29-23)28-19-11-18(30-31-19)16-6-10-25-17-3-2-7-26-22(16)17/h2-3,6-7,10-13,15,24H,4-5,8-9H2,1H3,(H2,28,29,30,31). The zero-order valence-electron chi connectivity index (χ0n) is 17.7. The molecule has 0 atom stereocenters. The molecule has 5 aromatic heterocycles. The van der Waals surface area contributed by atoms with E-state index in [4.69, 9.17) is 4.98 Å². The second-order valence-corrected chi connectivity index (χ2v) is 8.15. The normalized spacial score (nSPS) is 14.9. The van der Waals surface area contributed by atoms with Crippen molar-refractivity contribution < 1.29 is 0 Å². The minimum Gasteiger partial charge on any atom is -0.328 e. The predicted molar refractivity (Wildman–Crippen MR) is 124 cm³/mol. The lowest BCUT2D eigenvalue weighted by molar-refractivity contribution is 0.374. The largest absolute Gasteiger partial charge is 0.328 e. The fraction of sp³-hybridized carbons (Fsp3) is 0.261. The van der Waals surface area contributed by atoms with E-state index in [9.17, 15) is 0 Å². The molecule has 160 valence electrons. The summed E-state index contributed by atoms with van der Waals surface area (Å²) in [4.78, 5) is 18.4. The minimum atomic E-state index is 0.446. The Bertz CT molecular complexity index is 1410. The molecule has 32 heavy (non-hydrogen) atoms. The number of hydrogen-bond acceptors (Lipinski definition) is 7. The highest BCUT2D eigenvalue weighted by Gasteiger charge is 2.19. The predicted octanol–water partition coefficient (Wildman–Crippen LogP) is 3.74. The van der Waals surface area contributed by atoms with Crippen molar-refractivity contribution in [3.8, 4) is 11.3 Å². The van der Waals surface area contributed by atoms with Crippen LogP contribution in [0.2, 0.25) is 0 Å². The van der Waals surface area contributed by atoms with E-state index < -0.39 is 0 Å². The van der Waals surface area contributed by atoms with E-state index in [1.807, 2.05) is 24.3 Å². The second kappa shape index (κ2) is 7.69. The maximum absolute atomic E-state index is 4.89. The van der Waals surface area contributed by atoms with Gasteiger partial charge in [0.15, 0.2) is 17.3 Å². The van der Waals surface area contributed by atoms with Crippen LogP contribution in [0.25, 0.3) is 33.5 Å². The molecule has 1 saturated heterocycles. The van der Waals surface area contributed by atoms with Crippen LogP contribution in [0.4, 0.5) is 11.6 Å². The summed E-state index contributed by atoms with van der Waals surface area (Å²) in [6, 6.07) is 8.17. The summed E-state index contributed by atoms with van der Waals surface area (Å²) >= 11 is 0. The molecule has 0 saturated carbocycles. The van der Waals surface area contributed by atoms with Gasteiger partial charge < -0.3 is 15.2 Å². The maximum atomic E-state index is 4.89. The molecule has 0 amide bonds. The van der Waals surface area contributed by atoms with Crippen LogP contribution in [0.5, 0.6) is 0 Å². The average molecular weight is 426 g/mol. The Morgan fingerprint density at radius 3 is 2.84 bits per heavy atom. The van der Waals surface area contributed by atoms with E-state index in [2.05, 4.69) is 53.5 Å². The van der Waals surface area contributed by atoms with Gasteiger partial charge >= 0.3 is 0 Å². The molecule has 0 spiro atoms. The average Bonchev–Trinajstić information content (AvgIpc) is 3.43. The highest BCUT2D eigenvalue weighted by atomic mass is 15.2. The first kappa shape index (κ1) is 18.9. The summed E-state index contributed by atoms with van der Waals surface area (Å²) in [5.41, 5.74) is 6.51. The molecule has 6 heterocycles. The highest BCUT2D eigenvalue weighted by Crippen LogP contribution is 2.29. The fourth-order valence-electron chi connectivity index (χ4n) is 4.44. The summed E-state index contributed by atoms with van der Waals surface area (Å²) in [5, 5.41) is 14.2. The minimum absolute atomic E-state index is 0.446. The van der Waals surface area contributed by atoms with Crippen molar-refractivity contribution in [1.29, 1.82) is 0 Å². The zero-order chi connectivity index (χ0) is 21.5. The first-order valence-electron chi connectivity index (χ1n) is 10.8. The Balaban J connectivity index is 1.32. The topological polar surface area (TPSA) is 109 Å². The summed E-state index contributed by atoms with van der Waals surface area (Å²) in [5.74, 6) is 1.34. The van der Waals surface area contributed by atoms with Crippen molar-refractivity contribution in [2.45, 2.75) is 25.8 Å².